The fourth-order valence-electron chi connectivity index (χ4n) is 4.76. The Morgan fingerprint density at radius 1 is 1.15 bits per heavy atom. The van der Waals surface area contributed by atoms with E-state index in [1.807, 2.05) is 36.6 Å². The zero-order chi connectivity index (χ0) is 27.6. The van der Waals surface area contributed by atoms with Gasteiger partial charge in [-0.25, -0.2) is 9.97 Å². The Kier molecular flexibility index (Phi) is 7.28. The Bertz CT molecular complexity index is 1530. The first-order valence-electron chi connectivity index (χ1n) is 13.1. The lowest BCUT2D eigenvalue weighted by Gasteiger charge is -2.22. The summed E-state index contributed by atoms with van der Waals surface area (Å²) in [5.74, 6) is 2.28. The van der Waals surface area contributed by atoms with E-state index in [0.29, 0.717) is 47.2 Å². The molecule has 0 aliphatic heterocycles. The molecule has 0 spiro atoms. The van der Waals surface area contributed by atoms with E-state index in [9.17, 15) is 4.79 Å². The van der Waals surface area contributed by atoms with Crippen molar-refractivity contribution >= 4 is 17.1 Å². The maximum atomic E-state index is 11.3. The highest BCUT2D eigenvalue weighted by Gasteiger charge is 2.27. The second-order valence-electron chi connectivity index (χ2n) is 10.6. The van der Waals surface area contributed by atoms with E-state index in [1.165, 1.54) is 12.8 Å². The van der Waals surface area contributed by atoms with Crippen LogP contribution in [0.5, 0.6) is 17.2 Å². The number of carbonyl (C=O) groups excluding carboxylic acids is 1. The van der Waals surface area contributed by atoms with Crippen LogP contribution in [0, 0.1) is 5.41 Å². The molecule has 2 aromatic heterocycles. The SMILES string of the molecule is COc1ccc(Cn2cnc(=N)c3[nH]c(C(C)(C)COc4ccc(C(N)=O)cc4)nc32)cc1OC1CCCC1. The van der Waals surface area contributed by atoms with Crippen molar-refractivity contribution in [2.24, 2.45) is 5.73 Å². The van der Waals surface area contributed by atoms with Gasteiger partial charge in [-0.3, -0.25) is 10.2 Å². The molecule has 1 amide bonds. The Hall–Kier alpha value is -4.34. The van der Waals surface area contributed by atoms with Crippen LogP contribution in [0.4, 0.5) is 0 Å². The number of methoxy groups -OCH3 is 1. The number of rotatable bonds is 10. The number of primary amides is 1. The van der Waals surface area contributed by atoms with Crippen LogP contribution in [0.15, 0.2) is 48.8 Å². The van der Waals surface area contributed by atoms with Gasteiger partial charge >= 0.3 is 0 Å². The normalized spacial score (nSPS) is 14.0. The molecular formula is C29H34N6O4. The third-order valence-corrected chi connectivity index (χ3v) is 7.08. The van der Waals surface area contributed by atoms with E-state index >= 15 is 0 Å². The summed E-state index contributed by atoms with van der Waals surface area (Å²) < 4.78 is 19.7. The number of hydrogen-bond donors (Lipinski definition) is 3. The number of benzene rings is 2. The smallest absolute Gasteiger partial charge is 0.248 e. The number of aromatic amines is 1. The van der Waals surface area contributed by atoms with Crippen molar-refractivity contribution in [2.75, 3.05) is 13.7 Å². The molecule has 0 radical (unpaired) electrons. The number of fused-ring (bicyclic) bond motifs is 1. The van der Waals surface area contributed by atoms with Gasteiger partial charge in [0.1, 0.15) is 23.7 Å². The topological polar surface area (TPSA) is 141 Å². The van der Waals surface area contributed by atoms with E-state index in [0.717, 1.165) is 24.2 Å². The summed E-state index contributed by atoms with van der Waals surface area (Å²) in [6.07, 6.45) is 6.36. The highest BCUT2D eigenvalue weighted by atomic mass is 16.5. The molecule has 4 N–H and O–H groups in total. The van der Waals surface area contributed by atoms with E-state index in [2.05, 4.69) is 9.97 Å². The summed E-state index contributed by atoms with van der Waals surface area (Å²) in [6, 6.07) is 12.6. The Labute approximate surface area is 226 Å². The summed E-state index contributed by atoms with van der Waals surface area (Å²) in [4.78, 5) is 23.8. The number of hydrogen-bond acceptors (Lipinski definition) is 7. The van der Waals surface area contributed by atoms with Crippen molar-refractivity contribution in [3.05, 3.63) is 71.2 Å². The van der Waals surface area contributed by atoms with Crippen molar-refractivity contribution in [1.82, 2.24) is 19.5 Å². The summed E-state index contributed by atoms with van der Waals surface area (Å²) in [5, 5.41) is 8.36. The number of aromatic nitrogens is 4. The largest absolute Gasteiger partial charge is 0.493 e. The van der Waals surface area contributed by atoms with Gasteiger partial charge < -0.3 is 29.5 Å². The quantitative estimate of drug-likeness (QED) is 0.282. The number of imidazole rings is 1. The molecule has 39 heavy (non-hydrogen) atoms. The van der Waals surface area contributed by atoms with Gasteiger partial charge in [-0.15, -0.1) is 0 Å². The molecule has 4 aromatic rings. The standard InChI is InChI=1S/C29H34N6O4/c1-29(2,16-38-20-11-9-19(10-12-20)26(31)36)28-33-24-25(30)32-17-35(27(24)34-28)15-18-8-13-22(37-3)23(14-18)39-21-6-4-5-7-21/h8-14,17,21,30H,4-7,15-16H2,1-3H3,(H2,31,36)(H,33,34). The predicted molar refractivity (Wildman–Crippen MR) is 146 cm³/mol. The van der Waals surface area contributed by atoms with E-state index < -0.39 is 11.3 Å². The van der Waals surface area contributed by atoms with E-state index in [4.69, 9.17) is 30.3 Å². The summed E-state index contributed by atoms with van der Waals surface area (Å²) in [6.45, 7) is 4.85. The van der Waals surface area contributed by atoms with E-state index in [1.54, 1.807) is 37.7 Å². The average Bonchev–Trinajstić information content (AvgIpc) is 3.61. The maximum Gasteiger partial charge on any atom is 0.248 e. The first kappa shape index (κ1) is 26.3. The molecule has 0 bridgehead atoms. The van der Waals surface area contributed by atoms with E-state index in [-0.39, 0.29) is 11.6 Å². The van der Waals surface area contributed by atoms with Crippen LogP contribution in [0.3, 0.4) is 0 Å². The van der Waals surface area contributed by atoms with Crippen LogP contribution in [0.1, 0.15) is 61.3 Å². The zero-order valence-corrected chi connectivity index (χ0v) is 22.5. The molecule has 0 saturated heterocycles. The molecule has 204 valence electrons. The third kappa shape index (κ3) is 5.74. The van der Waals surface area contributed by atoms with Gasteiger partial charge in [0.05, 0.1) is 31.5 Å². The minimum absolute atomic E-state index is 0.124. The molecule has 0 unspecified atom stereocenters. The lowest BCUT2D eigenvalue weighted by Crippen LogP contribution is -2.27. The molecule has 2 heterocycles. The van der Waals surface area contributed by atoms with Gasteiger partial charge in [0.15, 0.2) is 22.6 Å². The number of nitrogens with zero attached hydrogens (tertiary/aromatic N) is 3. The van der Waals surface area contributed by atoms with Crippen molar-refractivity contribution in [2.45, 2.75) is 57.6 Å². The van der Waals surface area contributed by atoms with Crippen molar-refractivity contribution < 1.29 is 19.0 Å². The van der Waals surface area contributed by atoms with Crippen LogP contribution in [-0.2, 0) is 12.0 Å². The minimum Gasteiger partial charge on any atom is -0.493 e. The lowest BCUT2D eigenvalue weighted by atomic mass is 9.94. The first-order valence-corrected chi connectivity index (χ1v) is 13.1. The van der Waals surface area contributed by atoms with Crippen molar-refractivity contribution in [1.29, 1.82) is 5.41 Å². The van der Waals surface area contributed by atoms with Crippen molar-refractivity contribution in [3.63, 3.8) is 0 Å². The Balaban J connectivity index is 1.38. The molecule has 1 fully saturated rings. The van der Waals surface area contributed by atoms with Crippen LogP contribution >= 0.6 is 0 Å². The number of H-pyrrole nitrogens is 1. The number of amides is 1. The van der Waals surface area contributed by atoms with Gasteiger partial charge in [0, 0.05) is 5.56 Å². The molecule has 0 atom stereocenters. The molecule has 1 aliphatic carbocycles. The molecule has 1 aliphatic rings. The Morgan fingerprint density at radius 3 is 2.59 bits per heavy atom. The molecule has 10 heteroatoms. The first-order chi connectivity index (χ1) is 18.7. The van der Waals surface area contributed by atoms with Gasteiger partial charge in [0.2, 0.25) is 5.91 Å². The second-order valence-corrected chi connectivity index (χ2v) is 10.6. The monoisotopic (exact) mass is 530 g/mol. The third-order valence-electron chi connectivity index (χ3n) is 7.08. The van der Waals surface area contributed by atoms with Crippen LogP contribution in [-0.4, -0.2) is 45.2 Å². The van der Waals surface area contributed by atoms with Gasteiger partial charge in [0.25, 0.3) is 0 Å². The van der Waals surface area contributed by atoms with Gasteiger partial charge in [-0.05, 0) is 81.5 Å². The highest BCUT2D eigenvalue weighted by Crippen LogP contribution is 2.33. The summed E-state index contributed by atoms with van der Waals surface area (Å²) >= 11 is 0. The fourth-order valence-corrected chi connectivity index (χ4v) is 4.76. The molecule has 1 saturated carbocycles. The predicted octanol–water partition coefficient (Wildman–Crippen LogP) is 4.07. The zero-order valence-electron chi connectivity index (χ0n) is 22.5. The second kappa shape index (κ2) is 10.8. The lowest BCUT2D eigenvalue weighted by molar-refractivity contribution is 0.1000. The molecular weight excluding hydrogens is 496 g/mol. The number of nitrogens with two attached hydrogens (primary N) is 1. The van der Waals surface area contributed by atoms with Gasteiger partial charge in [-0.2, -0.15) is 0 Å². The minimum atomic E-state index is -0.506. The number of ether oxygens (including phenoxy) is 3. The summed E-state index contributed by atoms with van der Waals surface area (Å²) in [5.41, 5.74) is 7.57. The molecule has 10 nitrogen and oxygen atoms in total. The number of nitrogens with one attached hydrogen (secondary N) is 2. The van der Waals surface area contributed by atoms with Crippen LogP contribution < -0.4 is 25.4 Å². The van der Waals surface area contributed by atoms with Crippen LogP contribution in [0.2, 0.25) is 0 Å². The fraction of sp³-hybridized carbons (Fsp3) is 0.379. The Morgan fingerprint density at radius 2 is 1.90 bits per heavy atom. The highest BCUT2D eigenvalue weighted by molar-refractivity contribution is 5.92. The van der Waals surface area contributed by atoms with Gasteiger partial charge in [-0.1, -0.05) is 6.07 Å². The summed E-state index contributed by atoms with van der Waals surface area (Å²) in [7, 11) is 1.65. The molecule has 5 rings (SSSR count). The van der Waals surface area contributed by atoms with Crippen molar-refractivity contribution in [3.8, 4) is 17.2 Å². The molecule has 2 aromatic carbocycles. The van der Waals surface area contributed by atoms with Crippen LogP contribution in [0.25, 0.3) is 11.2 Å². The number of carbonyl (C=O) groups is 1. The maximum absolute atomic E-state index is 11.3. The average molecular weight is 531 g/mol.